The summed E-state index contributed by atoms with van der Waals surface area (Å²) in [6.45, 7) is 10.1. The van der Waals surface area contributed by atoms with Crippen molar-refractivity contribution in [3.63, 3.8) is 0 Å². The highest BCUT2D eigenvalue weighted by Crippen LogP contribution is 2.13. The summed E-state index contributed by atoms with van der Waals surface area (Å²) in [4.78, 5) is 18.1. The first-order valence-corrected chi connectivity index (χ1v) is 8.28. The molecule has 3 atom stereocenters. The molecule has 0 bridgehead atoms. The number of urea groups is 1. The molecule has 0 radical (unpaired) electrons. The van der Waals surface area contributed by atoms with Gasteiger partial charge in [-0.05, 0) is 27.2 Å². The maximum Gasteiger partial charge on any atom is 0.314 e. The molecule has 8 heteroatoms. The molecule has 1 aromatic heterocycles. The Bertz CT molecular complexity index is 457. The molecule has 2 rings (SSSR count). The molecule has 1 fully saturated rings. The molecule has 1 saturated heterocycles. The topological polar surface area (TPSA) is 84.3 Å². The molecule has 0 aliphatic carbocycles. The number of hydrogen-bond donors (Lipinski definition) is 2. The van der Waals surface area contributed by atoms with Gasteiger partial charge in [-0.25, -0.2) is 9.78 Å². The molecule has 23 heavy (non-hydrogen) atoms. The van der Waals surface area contributed by atoms with Crippen molar-refractivity contribution >= 4 is 6.03 Å². The Morgan fingerprint density at radius 3 is 2.74 bits per heavy atom. The van der Waals surface area contributed by atoms with Gasteiger partial charge in [0.1, 0.15) is 12.7 Å². The first kappa shape index (κ1) is 17.7. The van der Waals surface area contributed by atoms with Crippen molar-refractivity contribution in [1.29, 1.82) is 0 Å². The van der Waals surface area contributed by atoms with Gasteiger partial charge in [0.25, 0.3) is 0 Å². The Labute approximate surface area is 137 Å². The second-order valence-corrected chi connectivity index (χ2v) is 6.21. The van der Waals surface area contributed by atoms with Crippen LogP contribution in [0.4, 0.5) is 4.79 Å². The standard InChI is InChI=1S/C15H28N6O2/c1-12(20-8-13(2)23-14(3)9-20)7-18-15(22)17-5-4-6-21-11-16-10-19-21/h10-14H,4-9H2,1-3H3,(H2,17,18,22)/t12-,13-,14-/m1/s1. The van der Waals surface area contributed by atoms with E-state index in [-0.39, 0.29) is 18.2 Å². The summed E-state index contributed by atoms with van der Waals surface area (Å²) in [5.74, 6) is 0. The number of ether oxygens (including phenoxy) is 1. The van der Waals surface area contributed by atoms with Gasteiger partial charge in [0.05, 0.1) is 12.2 Å². The molecule has 2 amide bonds. The van der Waals surface area contributed by atoms with Crippen LogP contribution in [0.1, 0.15) is 27.2 Å². The first-order chi connectivity index (χ1) is 11.0. The minimum absolute atomic E-state index is 0.121. The number of rotatable bonds is 7. The summed E-state index contributed by atoms with van der Waals surface area (Å²) in [7, 11) is 0. The summed E-state index contributed by atoms with van der Waals surface area (Å²) >= 11 is 0. The van der Waals surface area contributed by atoms with E-state index in [0.29, 0.717) is 19.1 Å². The number of aromatic nitrogens is 3. The maximum absolute atomic E-state index is 11.8. The lowest BCUT2D eigenvalue weighted by Gasteiger charge is -2.38. The highest BCUT2D eigenvalue weighted by Gasteiger charge is 2.25. The fourth-order valence-electron chi connectivity index (χ4n) is 2.80. The zero-order valence-corrected chi connectivity index (χ0v) is 14.2. The Morgan fingerprint density at radius 1 is 1.35 bits per heavy atom. The summed E-state index contributed by atoms with van der Waals surface area (Å²) < 4.78 is 7.49. The molecule has 130 valence electrons. The molecule has 2 heterocycles. The summed E-state index contributed by atoms with van der Waals surface area (Å²) in [6, 6.07) is 0.175. The average Bonchev–Trinajstić information content (AvgIpc) is 3.01. The lowest BCUT2D eigenvalue weighted by molar-refractivity contribution is -0.0778. The van der Waals surface area contributed by atoms with Gasteiger partial charge in [-0.2, -0.15) is 5.10 Å². The Morgan fingerprint density at radius 2 is 2.09 bits per heavy atom. The molecule has 8 nitrogen and oxygen atoms in total. The second-order valence-electron chi connectivity index (χ2n) is 6.21. The number of nitrogens with one attached hydrogen (secondary N) is 2. The van der Waals surface area contributed by atoms with Gasteiger partial charge in [0, 0.05) is 38.8 Å². The summed E-state index contributed by atoms with van der Waals surface area (Å²) in [5.41, 5.74) is 0. The lowest BCUT2D eigenvalue weighted by Crippen LogP contribution is -2.53. The lowest BCUT2D eigenvalue weighted by atomic mass is 10.2. The van der Waals surface area contributed by atoms with E-state index in [0.717, 1.165) is 26.1 Å². The fraction of sp³-hybridized carbons (Fsp3) is 0.800. The van der Waals surface area contributed by atoms with Crippen LogP contribution < -0.4 is 10.6 Å². The van der Waals surface area contributed by atoms with E-state index in [2.05, 4.69) is 46.4 Å². The molecule has 1 aliphatic heterocycles. The van der Waals surface area contributed by atoms with Crippen molar-refractivity contribution in [1.82, 2.24) is 30.3 Å². The van der Waals surface area contributed by atoms with E-state index >= 15 is 0 Å². The minimum atomic E-state index is -0.121. The third-order valence-electron chi connectivity index (χ3n) is 3.95. The molecule has 1 aromatic rings. The van der Waals surface area contributed by atoms with Crippen LogP contribution in [-0.4, -0.2) is 70.1 Å². The fourth-order valence-corrected chi connectivity index (χ4v) is 2.80. The zero-order chi connectivity index (χ0) is 16.7. The van der Waals surface area contributed by atoms with E-state index in [1.807, 2.05) is 0 Å². The van der Waals surface area contributed by atoms with Crippen molar-refractivity contribution in [3.8, 4) is 0 Å². The number of nitrogens with zero attached hydrogens (tertiary/aromatic N) is 4. The second kappa shape index (κ2) is 8.83. The molecule has 0 unspecified atom stereocenters. The SMILES string of the molecule is C[C@@H]1CN([C@H](C)CNC(=O)NCCCn2cncn2)C[C@@H](C)O1. The predicted molar refractivity (Wildman–Crippen MR) is 87.1 cm³/mol. The van der Waals surface area contributed by atoms with Crippen molar-refractivity contribution in [3.05, 3.63) is 12.7 Å². The average molecular weight is 324 g/mol. The molecule has 0 aromatic carbocycles. The molecular weight excluding hydrogens is 296 g/mol. The molecule has 0 spiro atoms. The third-order valence-corrected chi connectivity index (χ3v) is 3.95. The maximum atomic E-state index is 11.8. The number of morpholine rings is 1. The number of carbonyl (C=O) groups excluding carboxylic acids is 1. The van der Waals surface area contributed by atoms with Gasteiger partial charge in [0.2, 0.25) is 0 Å². The number of hydrogen-bond acceptors (Lipinski definition) is 5. The first-order valence-electron chi connectivity index (χ1n) is 8.28. The smallest absolute Gasteiger partial charge is 0.314 e. The molecular formula is C15H28N6O2. The number of carbonyl (C=O) groups is 1. The van der Waals surface area contributed by atoms with Crippen molar-refractivity contribution in [2.24, 2.45) is 0 Å². The zero-order valence-electron chi connectivity index (χ0n) is 14.2. The van der Waals surface area contributed by atoms with Crippen molar-refractivity contribution < 1.29 is 9.53 Å². The van der Waals surface area contributed by atoms with E-state index in [1.165, 1.54) is 6.33 Å². The monoisotopic (exact) mass is 324 g/mol. The predicted octanol–water partition coefficient (Wildman–Crippen LogP) is 0.465. The van der Waals surface area contributed by atoms with Gasteiger partial charge < -0.3 is 15.4 Å². The van der Waals surface area contributed by atoms with Gasteiger partial charge in [-0.3, -0.25) is 9.58 Å². The Balaban J connectivity index is 1.58. The highest BCUT2D eigenvalue weighted by atomic mass is 16.5. The molecule has 0 saturated carbocycles. The van der Waals surface area contributed by atoms with Gasteiger partial charge in [-0.1, -0.05) is 0 Å². The van der Waals surface area contributed by atoms with Crippen LogP contribution in [0, 0.1) is 0 Å². The molecule has 1 aliphatic rings. The van der Waals surface area contributed by atoms with Crippen LogP contribution in [0.2, 0.25) is 0 Å². The van der Waals surface area contributed by atoms with Gasteiger partial charge >= 0.3 is 6.03 Å². The van der Waals surface area contributed by atoms with Gasteiger partial charge in [0.15, 0.2) is 0 Å². The van der Waals surface area contributed by atoms with Gasteiger partial charge in [-0.15, -0.1) is 0 Å². The van der Waals surface area contributed by atoms with Crippen LogP contribution in [0.5, 0.6) is 0 Å². The summed E-state index contributed by atoms with van der Waals surface area (Å²) in [6.07, 6.45) is 4.49. The minimum Gasteiger partial charge on any atom is -0.373 e. The molecule has 2 N–H and O–H groups in total. The van der Waals surface area contributed by atoms with E-state index in [9.17, 15) is 4.79 Å². The Hall–Kier alpha value is -1.67. The highest BCUT2D eigenvalue weighted by molar-refractivity contribution is 5.73. The number of amides is 2. The van der Waals surface area contributed by atoms with Crippen LogP contribution in [-0.2, 0) is 11.3 Å². The Kier molecular flexibility index (Phi) is 6.79. The van der Waals surface area contributed by atoms with E-state index in [1.54, 1.807) is 11.0 Å². The van der Waals surface area contributed by atoms with Crippen molar-refractivity contribution in [2.75, 3.05) is 26.2 Å². The van der Waals surface area contributed by atoms with Crippen LogP contribution in [0.3, 0.4) is 0 Å². The number of aryl methyl sites for hydroxylation is 1. The summed E-state index contributed by atoms with van der Waals surface area (Å²) in [5, 5.41) is 9.82. The van der Waals surface area contributed by atoms with E-state index in [4.69, 9.17) is 4.74 Å². The third kappa shape index (κ3) is 6.15. The van der Waals surface area contributed by atoms with E-state index < -0.39 is 0 Å². The van der Waals surface area contributed by atoms with Crippen LogP contribution in [0.15, 0.2) is 12.7 Å². The van der Waals surface area contributed by atoms with Crippen LogP contribution >= 0.6 is 0 Å². The van der Waals surface area contributed by atoms with Crippen molar-refractivity contribution in [2.45, 2.75) is 52.0 Å². The normalized spacial score (nSPS) is 23.4. The quantitative estimate of drug-likeness (QED) is 0.712. The van der Waals surface area contributed by atoms with Crippen LogP contribution in [0.25, 0.3) is 0 Å². The largest absolute Gasteiger partial charge is 0.373 e.